The van der Waals surface area contributed by atoms with Gasteiger partial charge in [-0.25, -0.2) is 0 Å². The molecule has 0 saturated carbocycles. The zero-order chi connectivity index (χ0) is 13.8. The molecular weight excluding hydrogens is 226 g/mol. The summed E-state index contributed by atoms with van der Waals surface area (Å²) in [5.41, 5.74) is 4.06. The van der Waals surface area contributed by atoms with E-state index in [0.29, 0.717) is 0 Å². The molecule has 2 atom stereocenters. The van der Waals surface area contributed by atoms with Gasteiger partial charge in [-0.1, -0.05) is 13.8 Å². The van der Waals surface area contributed by atoms with Crippen LogP contribution in [-0.4, -0.2) is 34.3 Å². The van der Waals surface area contributed by atoms with Crippen LogP contribution in [0.1, 0.15) is 45.2 Å². The number of hydrazine groups is 1. The van der Waals surface area contributed by atoms with Crippen LogP contribution in [0.4, 0.5) is 0 Å². The zero-order valence-corrected chi connectivity index (χ0v) is 12.3. The molecular formula is C13H27N5. The molecule has 1 heterocycles. The van der Waals surface area contributed by atoms with Gasteiger partial charge in [0.25, 0.3) is 0 Å². The average molecular weight is 253 g/mol. The Morgan fingerprint density at radius 3 is 2.61 bits per heavy atom. The summed E-state index contributed by atoms with van der Waals surface area (Å²) < 4.78 is 1.98. The van der Waals surface area contributed by atoms with E-state index in [9.17, 15) is 0 Å². The average Bonchev–Trinajstić information content (AvgIpc) is 2.78. The third-order valence-corrected chi connectivity index (χ3v) is 3.97. The first-order chi connectivity index (χ1) is 8.49. The third kappa shape index (κ3) is 2.91. The van der Waals surface area contributed by atoms with Crippen molar-refractivity contribution < 1.29 is 0 Å². The molecule has 104 valence electrons. The zero-order valence-electron chi connectivity index (χ0n) is 12.3. The standard InChI is InChI=1S/C13H27N5/c1-6-8-18-10-11(9-15-18)12(16-14)13(3,7-2)17(4)5/h9-10,12,16H,6-8,14H2,1-5H3. The van der Waals surface area contributed by atoms with Crippen molar-refractivity contribution in [2.75, 3.05) is 14.1 Å². The normalized spacial score (nSPS) is 16.8. The second kappa shape index (κ2) is 6.31. The Balaban J connectivity index is 3.00. The summed E-state index contributed by atoms with van der Waals surface area (Å²) in [6, 6.07) is 0.0723. The molecule has 0 amide bonds. The van der Waals surface area contributed by atoms with Gasteiger partial charge in [0.15, 0.2) is 0 Å². The molecule has 0 bridgehead atoms. The highest BCUT2D eigenvalue weighted by Crippen LogP contribution is 2.31. The van der Waals surface area contributed by atoms with Crippen molar-refractivity contribution in [1.29, 1.82) is 0 Å². The van der Waals surface area contributed by atoms with E-state index in [-0.39, 0.29) is 11.6 Å². The number of nitrogens with one attached hydrogen (secondary N) is 1. The first-order valence-electron chi connectivity index (χ1n) is 6.65. The maximum atomic E-state index is 5.77. The number of nitrogens with zero attached hydrogens (tertiary/aromatic N) is 3. The number of aromatic nitrogens is 2. The molecule has 2 unspecified atom stereocenters. The fourth-order valence-electron chi connectivity index (χ4n) is 2.29. The fourth-order valence-corrected chi connectivity index (χ4v) is 2.29. The number of rotatable bonds is 7. The lowest BCUT2D eigenvalue weighted by Crippen LogP contribution is -2.52. The molecule has 0 saturated heterocycles. The van der Waals surface area contributed by atoms with Gasteiger partial charge < -0.3 is 4.90 Å². The van der Waals surface area contributed by atoms with E-state index in [0.717, 1.165) is 24.9 Å². The van der Waals surface area contributed by atoms with Gasteiger partial charge in [0.05, 0.1) is 12.2 Å². The van der Waals surface area contributed by atoms with E-state index < -0.39 is 0 Å². The molecule has 0 aromatic carbocycles. The van der Waals surface area contributed by atoms with Crippen LogP contribution in [0, 0.1) is 0 Å². The van der Waals surface area contributed by atoms with Gasteiger partial charge in [-0.2, -0.15) is 5.10 Å². The number of hydrogen-bond acceptors (Lipinski definition) is 4. The highest BCUT2D eigenvalue weighted by molar-refractivity contribution is 5.16. The molecule has 0 aliphatic heterocycles. The van der Waals surface area contributed by atoms with E-state index >= 15 is 0 Å². The minimum atomic E-state index is -0.0329. The summed E-state index contributed by atoms with van der Waals surface area (Å²) in [6.45, 7) is 7.49. The number of aryl methyl sites for hydroxylation is 1. The molecule has 0 aliphatic carbocycles. The Morgan fingerprint density at radius 2 is 2.17 bits per heavy atom. The van der Waals surface area contributed by atoms with E-state index in [1.54, 1.807) is 0 Å². The van der Waals surface area contributed by atoms with Crippen molar-refractivity contribution in [1.82, 2.24) is 20.1 Å². The molecule has 1 rings (SSSR count). The maximum Gasteiger partial charge on any atom is 0.0671 e. The van der Waals surface area contributed by atoms with Crippen LogP contribution in [0.2, 0.25) is 0 Å². The first kappa shape index (κ1) is 15.1. The van der Waals surface area contributed by atoms with Crippen molar-refractivity contribution in [3.63, 3.8) is 0 Å². The molecule has 1 aromatic heterocycles. The van der Waals surface area contributed by atoms with Crippen LogP contribution in [0.5, 0.6) is 0 Å². The lowest BCUT2D eigenvalue weighted by Gasteiger charge is -2.42. The summed E-state index contributed by atoms with van der Waals surface area (Å²) in [5.74, 6) is 5.77. The second-order valence-electron chi connectivity index (χ2n) is 5.24. The van der Waals surface area contributed by atoms with Gasteiger partial charge in [-0.15, -0.1) is 0 Å². The molecule has 5 nitrogen and oxygen atoms in total. The van der Waals surface area contributed by atoms with Gasteiger partial charge in [0.1, 0.15) is 0 Å². The van der Waals surface area contributed by atoms with Crippen LogP contribution in [0.15, 0.2) is 12.4 Å². The molecule has 1 aromatic rings. The van der Waals surface area contributed by atoms with Gasteiger partial charge in [-0.3, -0.25) is 16.0 Å². The topological polar surface area (TPSA) is 59.1 Å². The SMILES string of the molecule is CCCn1cc(C(NN)C(C)(CC)N(C)C)cn1. The highest BCUT2D eigenvalue weighted by Gasteiger charge is 2.35. The molecule has 0 spiro atoms. The number of nitrogens with two attached hydrogens (primary N) is 1. The third-order valence-electron chi connectivity index (χ3n) is 3.97. The molecule has 5 heteroatoms. The largest absolute Gasteiger partial charge is 0.302 e. The predicted octanol–water partition coefficient (Wildman–Crippen LogP) is 1.53. The lowest BCUT2D eigenvalue weighted by atomic mass is 9.85. The molecule has 3 N–H and O–H groups in total. The van der Waals surface area contributed by atoms with Crippen molar-refractivity contribution >= 4 is 0 Å². The summed E-state index contributed by atoms with van der Waals surface area (Å²) in [5, 5.41) is 4.38. The summed E-state index contributed by atoms with van der Waals surface area (Å²) >= 11 is 0. The number of hydrogen-bond donors (Lipinski definition) is 2. The van der Waals surface area contributed by atoms with Crippen LogP contribution < -0.4 is 11.3 Å². The Hall–Kier alpha value is -0.910. The van der Waals surface area contributed by atoms with E-state index in [4.69, 9.17) is 5.84 Å². The summed E-state index contributed by atoms with van der Waals surface area (Å²) in [7, 11) is 4.18. The Bertz CT molecular complexity index is 360. The summed E-state index contributed by atoms with van der Waals surface area (Å²) in [6.07, 6.45) is 6.09. The Labute approximate surface area is 110 Å². The van der Waals surface area contributed by atoms with Crippen molar-refractivity contribution in [3.05, 3.63) is 18.0 Å². The fraction of sp³-hybridized carbons (Fsp3) is 0.769. The lowest BCUT2D eigenvalue weighted by molar-refractivity contribution is 0.113. The van der Waals surface area contributed by atoms with E-state index in [1.807, 2.05) is 10.9 Å². The molecule has 0 radical (unpaired) electrons. The van der Waals surface area contributed by atoms with Crippen LogP contribution in [-0.2, 0) is 6.54 Å². The molecule has 0 fully saturated rings. The highest BCUT2D eigenvalue weighted by atomic mass is 15.3. The van der Waals surface area contributed by atoms with E-state index in [2.05, 4.69) is 56.5 Å². The second-order valence-corrected chi connectivity index (χ2v) is 5.24. The molecule has 18 heavy (non-hydrogen) atoms. The Morgan fingerprint density at radius 1 is 1.50 bits per heavy atom. The van der Waals surface area contributed by atoms with Gasteiger partial charge in [-0.05, 0) is 33.9 Å². The van der Waals surface area contributed by atoms with Gasteiger partial charge in [0, 0.05) is 23.8 Å². The van der Waals surface area contributed by atoms with Crippen LogP contribution in [0.3, 0.4) is 0 Å². The smallest absolute Gasteiger partial charge is 0.0671 e. The summed E-state index contributed by atoms with van der Waals surface area (Å²) in [4.78, 5) is 2.22. The maximum absolute atomic E-state index is 5.77. The van der Waals surface area contributed by atoms with Crippen molar-refractivity contribution in [3.8, 4) is 0 Å². The van der Waals surface area contributed by atoms with Crippen LogP contribution >= 0.6 is 0 Å². The monoisotopic (exact) mass is 253 g/mol. The molecule has 0 aliphatic rings. The minimum absolute atomic E-state index is 0.0329. The minimum Gasteiger partial charge on any atom is -0.302 e. The van der Waals surface area contributed by atoms with Gasteiger partial charge >= 0.3 is 0 Å². The quantitative estimate of drug-likeness (QED) is 0.571. The predicted molar refractivity (Wildman–Crippen MR) is 75.0 cm³/mol. The van der Waals surface area contributed by atoms with E-state index in [1.165, 1.54) is 0 Å². The van der Waals surface area contributed by atoms with Crippen molar-refractivity contribution in [2.45, 2.75) is 51.7 Å². The van der Waals surface area contributed by atoms with Gasteiger partial charge in [0.2, 0.25) is 0 Å². The Kier molecular flexibility index (Phi) is 5.31. The van der Waals surface area contributed by atoms with Crippen molar-refractivity contribution in [2.24, 2.45) is 5.84 Å². The first-order valence-corrected chi connectivity index (χ1v) is 6.65. The number of likely N-dealkylation sites (N-methyl/N-ethyl adjacent to an activating group) is 1. The van der Waals surface area contributed by atoms with Crippen LogP contribution in [0.25, 0.3) is 0 Å².